The third-order valence-electron chi connectivity index (χ3n) is 4.53. The Hall–Kier alpha value is -3.91. The van der Waals surface area contributed by atoms with Crippen LogP contribution >= 0.6 is 11.3 Å². The number of rotatable bonds is 7. The standard InChI is InChI=1S/C21H20N4O6S/c1-4-24-9-13(8-22)19(27)25(21(24)29)10-16(26)23-18-17(20(28)30-5-2)14(11-32-18)15-7-6-12(3)31-15/h6-7,9,11H,4-5,10H2,1-3H3,(H,23,26). The highest BCUT2D eigenvalue weighted by atomic mass is 32.1. The van der Waals surface area contributed by atoms with Crippen molar-refractivity contribution in [1.82, 2.24) is 9.13 Å². The van der Waals surface area contributed by atoms with Crippen LogP contribution in [-0.2, 0) is 22.6 Å². The van der Waals surface area contributed by atoms with Crippen LogP contribution in [0, 0.1) is 18.3 Å². The molecule has 3 aromatic heterocycles. The molecule has 0 aliphatic rings. The first-order valence-corrected chi connectivity index (χ1v) is 10.6. The van der Waals surface area contributed by atoms with Crippen molar-refractivity contribution in [3.63, 3.8) is 0 Å². The average Bonchev–Trinajstić information content (AvgIpc) is 3.37. The molecule has 3 heterocycles. The van der Waals surface area contributed by atoms with Crippen molar-refractivity contribution in [1.29, 1.82) is 5.26 Å². The molecule has 0 fully saturated rings. The number of hydrogen-bond donors (Lipinski definition) is 1. The quantitative estimate of drug-likeness (QED) is 0.539. The lowest BCUT2D eigenvalue weighted by molar-refractivity contribution is -0.116. The van der Waals surface area contributed by atoms with Gasteiger partial charge in [-0.1, -0.05) is 0 Å². The van der Waals surface area contributed by atoms with E-state index in [0.717, 1.165) is 17.5 Å². The van der Waals surface area contributed by atoms with Crippen LogP contribution in [0.3, 0.4) is 0 Å². The van der Waals surface area contributed by atoms with Crippen molar-refractivity contribution < 1.29 is 18.7 Å². The molecule has 0 radical (unpaired) electrons. The summed E-state index contributed by atoms with van der Waals surface area (Å²) in [7, 11) is 0. The van der Waals surface area contributed by atoms with Crippen molar-refractivity contribution in [2.45, 2.75) is 33.9 Å². The van der Waals surface area contributed by atoms with E-state index in [0.29, 0.717) is 21.7 Å². The first-order chi connectivity index (χ1) is 15.3. The SMILES string of the molecule is CCOC(=O)c1c(-c2ccc(C)o2)csc1NC(=O)Cn1c(=O)c(C#N)cn(CC)c1=O. The zero-order valence-corrected chi connectivity index (χ0v) is 18.4. The molecule has 3 aromatic rings. The Morgan fingerprint density at radius 3 is 2.62 bits per heavy atom. The minimum Gasteiger partial charge on any atom is -0.462 e. The number of nitrogens with one attached hydrogen (secondary N) is 1. The maximum Gasteiger partial charge on any atom is 0.341 e. The zero-order valence-electron chi connectivity index (χ0n) is 17.6. The van der Waals surface area contributed by atoms with Crippen molar-refractivity contribution in [3.8, 4) is 17.4 Å². The fourth-order valence-electron chi connectivity index (χ4n) is 3.02. The molecule has 1 amide bonds. The van der Waals surface area contributed by atoms with Gasteiger partial charge in [0.2, 0.25) is 5.91 Å². The third-order valence-corrected chi connectivity index (χ3v) is 5.42. The summed E-state index contributed by atoms with van der Waals surface area (Å²) in [5.74, 6) is -0.275. The number of carbonyl (C=O) groups excluding carboxylic acids is 2. The van der Waals surface area contributed by atoms with Crippen LogP contribution in [0.2, 0.25) is 0 Å². The second-order valence-corrected chi connectivity index (χ2v) is 7.53. The average molecular weight is 456 g/mol. The van der Waals surface area contributed by atoms with E-state index in [-0.39, 0.29) is 29.3 Å². The molecular weight excluding hydrogens is 436 g/mol. The maximum atomic E-state index is 12.7. The monoisotopic (exact) mass is 456 g/mol. The normalized spacial score (nSPS) is 10.6. The third kappa shape index (κ3) is 4.40. The predicted octanol–water partition coefficient (Wildman–Crippen LogP) is 2.35. The summed E-state index contributed by atoms with van der Waals surface area (Å²) in [6.07, 6.45) is 1.16. The minimum atomic E-state index is -0.860. The second-order valence-electron chi connectivity index (χ2n) is 6.65. The highest BCUT2D eigenvalue weighted by molar-refractivity contribution is 7.15. The van der Waals surface area contributed by atoms with Gasteiger partial charge in [0.1, 0.15) is 40.3 Å². The molecule has 3 rings (SSSR count). The fourth-order valence-corrected chi connectivity index (χ4v) is 3.98. The number of anilines is 1. The number of amides is 1. The van der Waals surface area contributed by atoms with Crippen LogP contribution < -0.4 is 16.6 Å². The van der Waals surface area contributed by atoms with Gasteiger partial charge < -0.3 is 14.5 Å². The van der Waals surface area contributed by atoms with E-state index in [1.165, 1.54) is 4.57 Å². The van der Waals surface area contributed by atoms with Crippen LogP contribution in [0.5, 0.6) is 0 Å². The number of aryl methyl sites for hydroxylation is 2. The summed E-state index contributed by atoms with van der Waals surface area (Å²) >= 11 is 1.08. The van der Waals surface area contributed by atoms with Crippen molar-refractivity contribution >= 4 is 28.2 Å². The van der Waals surface area contributed by atoms with Crippen LogP contribution in [0.25, 0.3) is 11.3 Å². The molecule has 0 aromatic carbocycles. The molecule has 0 saturated carbocycles. The molecule has 32 heavy (non-hydrogen) atoms. The molecule has 10 nitrogen and oxygen atoms in total. The molecular formula is C21H20N4O6S. The largest absolute Gasteiger partial charge is 0.462 e. The lowest BCUT2D eigenvalue weighted by atomic mass is 10.1. The highest BCUT2D eigenvalue weighted by Crippen LogP contribution is 2.37. The van der Waals surface area contributed by atoms with Crippen LogP contribution in [0.1, 0.15) is 35.5 Å². The number of aromatic nitrogens is 2. The fraction of sp³-hybridized carbons (Fsp3) is 0.286. The van der Waals surface area contributed by atoms with Crippen LogP contribution in [0.4, 0.5) is 5.00 Å². The Morgan fingerprint density at radius 2 is 2.03 bits per heavy atom. The number of carbonyl (C=O) groups is 2. The smallest absolute Gasteiger partial charge is 0.341 e. The van der Waals surface area contributed by atoms with E-state index in [4.69, 9.17) is 14.4 Å². The Bertz CT molecular complexity index is 1340. The van der Waals surface area contributed by atoms with Gasteiger partial charge in [0.25, 0.3) is 5.56 Å². The lowest BCUT2D eigenvalue weighted by Crippen LogP contribution is -2.43. The number of hydrogen-bond acceptors (Lipinski definition) is 8. The molecule has 166 valence electrons. The number of ether oxygens (including phenoxy) is 1. The summed E-state index contributed by atoms with van der Waals surface area (Å²) in [6.45, 7) is 4.82. The summed E-state index contributed by atoms with van der Waals surface area (Å²) < 4.78 is 12.6. The molecule has 0 aliphatic carbocycles. The predicted molar refractivity (Wildman–Crippen MR) is 117 cm³/mol. The Kier molecular flexibility index (Phi) is 6.75. The van der Waals surface area contributed by atoms with Gasteiger partial charge in [-0.15, -0.1) is 11.3 Å². The Balaban J connectivity index is 1.96. The number of nitrogens with zero attached hydrogens (tertiary/aromatic N) is 3. The number of esters is 1. The molecule has 0 bridgehead atoms. The molecule has 0 unspecified atom stereocenters. The van der Waals surface area contributed by atoms with Gasteiger partial charge in [0.15, 0.2) is 0 Å². The van der Waals surface area contributed by atoms with Gasteiger partial charge in [-0.25, -0.2) is 14.2 Å². The minimum absolute atomic E-state index is 0.114. The molecule has 0 spiro atoms. The van der Waals surface area contributed by atoms with E-state index in [1.54, 1.807) is 44.4 Å². The van der Waals surface area contributed by atoms with Gasteiger partial charge >= 0.3 is 11.7 Å². The molecule has 0 saturated heterocycles. The van der Waals surface area contributed by atoms with E-state index in [1.807, 2.05) is 0 Å². The van der Waals surface area contributed by atoms with Crippen molar-refractivity contribution in [2.75, 3.05) is 11.9 Å². The van der Waals surface area contributed by atoms with Gasteiger partial charge in [0, 0.05) is 23.7 Å². The number of thiophene rings is 1. The van der Waals surface area contributed by atoms with E-state index >= 15 is 0 Å². The summed E-state index contributed by atoms with van der Waals surface area (Å²) in [5, 5.41) is 13.6. The first kappa shape index (κ1) is 22.8. The van der Waals surface area contributed by atoms with E-state index in [2.05, 4.69) is 5.32 Å². The topological polar surface area (TPSA) is 136 Å². The second kappa shape index (κ2) is 9.49. The molecule has 1 N–H and O–H groups in total. The summed E-state index contributed by atoms with van der Waals surface area (Å²) in [4.78, 5) is 50.2. The number of furan rings is 1. The Labute approximate surface area is 186 Å². The van der Waals surface area contributed by atoms with Crippen LogP contribution in [0.15, 0.2) is 37.7 Å². The molecule has 11 heteroatoms. The summed E-state index contributed by atoms with van der Waals surface area (Å²) in [6, 6.07) is 5.17. The van der Waals surface area contributed by atoms with E-state index in [9.17, 15) is 19.2 Å². The van der Waals surface area contributed by atoms with E-state index < -0.39 is 29.7 Å². The van der Waals surface area contributed by atoms with Crippen LogP contribution in [-0.4, -0.2) is 27.6 Å². The number of nitriles is 1. The summed E-state index contributed by atoms with van der Waals surface area (Å²) in [5.41, 5.74) is -1.26. The Morgan fingerprint density at radius 1 is 1.28 bits per heavy atom. The zero-order chi connectivity index (χ0) is 23.4. The molecule has 0 aliphatic heterocycles. The van der Waals surface area contributed by atoms with Gasteiger partial charge in [-0.2, -0.15) is 5.26 Å². The van der Waals surface area contributed by atoms with Gasteiger partial charge in [-0.3, -0.25) is 14.2 Å². The van der Waals surface area contributed by atoms with Crippen molar-refractivity contribution in [3.05, 3.63) is 61.4 Å². The first-order valence-electron chi connectivity index (χ1n) is 9.70. The van der Waals surface area contributed by atoms with Gasteiger partial charge in [0.05, 0.1) is 6.61 Å². The maximum absolute atomic E-state index is 12.7. The molecule has 0 atom stereocenters. The van der Waals surface area contributed by atoms with Gasteiger partial charge in [-0.05, 0) is 32.9 Å². The lowest BCUT2D eigenvalue weighted by Gasteiger charge is -2.10. The highest BCUT2D eigenvalue weighted by Gasteiger charge is 2.25. The van der Waals surface area contributed by atoms with Crippen molar-refractivity contribution in [2.24, 2.45) is 0 Å².